The molecule has 0 aliphatic carbocycles. The first-order chi connectivity index (χ1) is 9.00. The molecule has 0 saturated carbocycles. The minimum absolute atomic E-state index is 0.00646. The van der Waals surface area contributed by atoms with Crippen molar-refractivity contribution >= 4 is 23.6 Å². The Morgan fingerprint density at radius 3 is 2.89 bits per heavy atom. The second-order valence-corrected chi connectivity index (χ2v) is 5.20. The van der Waals surface area contributed by atoms with Crippen molar-refractivity contribution in [2.24, 2.45) is 7.05 Å². The highest BCUT2D eigenvalue weighted by molar-refractivity contribution is 6.31. The van der Waals surface area contributed by atoms with Gasteiger partial charge in [0.05, 0.1) is 5.69 Å². The minimum Gasteiger partial charge on any atom is -0.338 e. The van der Waals surface area contributed by atoms with Crippen LogP contribution in [0.2, 0.25) is 5.15 Å². The molecule has 6 heteroatoms. The monoisotopic (exact) mass is 282 g/mol. The molecule has 104 valence electrons. The molecule has 0 spiro atoms. The lowest BCUT2D eigenvalue weighted by Gasteiger charge is -2.22. The molecule has 1 amide bonds. The summed E-state index contributed by atoms with van der Waals surface area (Å²) in [6.07, 6.45) is 4.31. The van der Waals surface area contributed by atoms with E-state index in [0.717, 1.165) is 30.8 Å². The fourth-order valence-corrected chi connectivity index (χ4v) is 2.50. The molecule has 5 nitrogen and oxygen atoms in total. The lowest BCUT2D eigenvalue weighted by atomic mass is 10.2. The summed E-state index contributed by atoms with van der Waals surface area (Å²) in [5.41, 5.74) is 1.62. The van der Waals surface area contributed by atoms with Gasteiger partial charge in [-0.05, 0) is 26.0 Å². The molecule has 19 heavy (non-hydrogen) atoms. The van der Waals surface area contributed by atoms with Crippen LogP contribution in [0.5, 0.6) is 0 Å². The van der Waals surface area contributed by atoms with E-state index < -0.39 is 0 Å². The lowest BCUT2D eigenvalue weighted by Crippen LogP contribution is -2.37. The molecule has 0 bridgehead atoms. The zero-order valence-electron chi connectivity index (χ0n) is 11.5. The van der Waals surface area contributed by atoms with Gasteiger partial charge in [0.1, 0.15) is 5.15 Å². The van der Waals surface area contributed by atoms with Gasteiger partial charge in [-0.15, -0.1) is 0 Å². The summed E-state index contributed by atoms with van der Waals surface area (Å²) in [5.74, 6) is -0.00646. The highest BCUT2D eigenvalue weighted by Gasteiger charge is 2.21. The molecule has 1 unspecified atom stereocenters. The zero-order chi connectivity index (χ0) is 14.0. The van der Waals surface area contributed by atoms with E-state index >= 15 is 0 Å². The Balaban J connectivity index is 2.07. The van der Waals surface area contributed by atoms with Gasteiger partial charge >= 0.3 is 0 Å². The largest absolute Gasteiger partial charge is 0.338 e. The average molecular weight is 283 g/mol. The molecule has 1 aliphatic heterocycles. The van der Waals surface area contributed by atoms with Crippen molar-refractivity contribution in [2.45, 2.75) is 19.4 Å². The van der Waals surface area contributed by atoms with Crippen molar-refractivity contribution in [3.8, 4) is 0 Å². The van der Waals surface area contributed by atoms with Crippen LogP contribution in [0.15, 0.2) is 6.08 Å². The summed E-state index contributed by atoms with van der Waals surface area (Å²) in [5, 5.41) is 8.01. The van der Waals surface area contributed by atoms with E-state index in [1.165, 1.54) is 0 Å². The fourth-order valence-electron chi connectivity index (χ4n) is 2.26. The number of likely N-dealkylation sites (N-methyl/N-ethyl adjacent to an activating group) is 1. The molecule has 1 aromatic rings. The first-order valence-electron chi connectivity index (χ1n) is 6.35. The maximum absolute atomic E-state index is 12.1. The number of aryl methyl sites for hydroxylation is 2. The van der Waals surface area contributed by atoms with Crippen molar-refractivity contribution in [3.63, 3.8) is 0 Å². The predicted molar refractivity (Wildman–Crippen MR) is 76.0 cm³/mol. The molecule has 0 radical (unpaired) electrons. The van der Waals surface area contributed by atoms with Crippen molar-refractivity contribution in [2.75, 3.05) is 20.1 Å². The molecular formula is C13H19ClN4O. The molecule has 0 aromatic carbocycles. The van der Waals surface area contributed by atoms with Crippen LogP contribution < -0.4 is 5.32 Å². The smallest absolute Gasteiger partial charge is 0.246 e. The molecule has 1 fully saturated rings. The van der Waals surface area contributed by atoms with E-state index in [2.05, 4.69) is 10.4 Å². The van der Waals surface area contributed by atoms with Crippen LogP contribution in [0.1, 0.15) is 17.7 Å². The Kier molecular flexibility index (Phi) is 4.27. The highest BCUT2D eigenvalue weighted by Crippen LogP contribution is 2.20. The number of nitrogens with one attached hydrogen (secondary N) is 1. The number of amides is 1. The Hall–Kier alpha value is -1.33. The van der Waals surface area contributed by atoms with Crippen molar-refractivity contribution < 1.29 is 4.79 Å². The lowest BCUT2D eigenvalue weighted by molar-refractivity contribution is -0.126. The van der Waals surface area contributed by atoms with Gasteiger partial charge in [-0.25, -0.2) is 0 Å². The average Bonchev–Trinajstić information content (AvgIpc) is 2.97. The van der Waals surface area contributed by atoms with E-state index in [-0.39, 0.29) is 11.9 Å². The van der Waals surface area contributed by atoms with E-state index in [4.69, 9.17) is 11.6 Å². The molecule has 1 saturated heterocycles. The van der Waals surface area contributed by atoms with Gasteiger partial charge < -0.3 is 10.2 Å². The first kappa shape index (κ1) is 14.1. The third kappa shape index (κ3) is 2.98. The number of hydrogen-bond acceptors (Lipinski definition) is 3. The fraction of sp³-hybridized carbons (Fsp3) is 0.538. The summed E-state index contributed by atoms with van der Waals surface area (Å²) in [7, 11) is 3.62. The van der Waals surface area contributed by atoms with Crippen molar-refractivity contribution in [3.05, 3.63) is 22.5 Å². The van der Waals surface area contributed by atoms with E-state index in [9.17, 15) is 4.79 Å². The first-order valence-corrected chi connectivity index (χ1v) is 6.73. The standard InChI is InChI=1S/C13H19ClN4O/c1-9-11(13(14)18(3)16-9)4-5-12(19)17(2)10-6-7-15-8-10/h4-5,10,15H,6-8H2,1-3H3. The molecule has 1 aromatic heterocycles. The van der Waals surface area contributed by atoms with Crippen LogP contribution in [0.3, 0.4) is 0 Å². The maximum atomic E-state index is 12.1. The number of carbonyl (C=O) groups excluding carboxylic acids is 1. The second-order valence-electron chi connectivity index (χ2n) is 4.84. The predicted octanol–water partition coefficient (Wildman–Crippen LogP) is 1.22. The molecule has 1 atom stereocenters. The number of aromatic nitrogens is 2. The Labute approximate surface area is 118 Å². The van der Waals surface area contributed by atoms with E-state index in [1.807, 2.05) is 14.0 Å². The summed E-state index contributed by atoms with van der Waals surface area (Å²) in [4.78, 5) is 13.8. The number of rotatable bonds is 3. The third-order valence-corrected chi connectivity index (χ3v) is 3.97. The van der Waals surface area contributed by atoms with Crippen molar-refractivity contribution in [1.82, 2.24) is 20.0 Å². The van der Waals surface area contributed by atoms with Gasteiger partial charge in [-0.1, -0.05) is 11.6 Å². The Bertz CT molecular complexity index is 503. The quantitative estimate of drug-likeness (QED) is 0.848. The van der Waals surface area contributed by atoms with Gasteiger partial charge in [-0.2, -0.15) is 5.10 Å². The van der Waals surface area contributed by atoms with Gasteiger partial charge in [0.15, 0.2) is 0 Å². The summed E-state index contributed by atoms with van der Waals surface area (Å²) >= 11 is 6.12. The maximum Gasteiger partial charge on any atom is 0.246 e. The molecule has 1 aliphatic rings. The normalized spacial score (nSPS) is 19.3. The molecular weight excluding hydrogens is 264 g/mol. The topological polar surface area (TPSA) is 50.2 Å². The second kappa shape index (κ2) is 5.75. The van der Waals surface area contributed by atoms with Gasteiger partial charge in [0.2, 0.25) is 5.91 Å². The van der Waals surface area contributed by atoms with Crippen molar-refractivity contribution in [1.29, 1.82) is 0 Å². The number of nitrogens with zero attached hydrogens (tertiary/aromatic N) is 3. The van der Waals surface area contributed by atoms with Gasteiger partial charge in [0, 0.05) is 38.3 Å². The van der Waals surface area contributed by atoms with Crippen LogP contribution in [-0.4, -0.2) is 46.8 Å². The van der Waals surface area contributed by atoms with Gasteiger partial charge in [0.25, 0.3) is 0 Å². The molecule has 2 rings (SSSR count). The van der Waals surface area contributed by atoms with Gasteiger partial charge in [-0.3, -0.25) is 9.48 Å². The van der Waals surface area contributed by atoms with Crippen LogP contribution in [0, 0.1) is 6.92 Å². The highest BCUT2D eigenvalue weighted by atomic mass is 35.5. The Morgan fingerprint density at radius 2 is 2.37 bits per heavy atom. The molecule has 2 heterocycles. The Morgan fingerprint density at radius 1 is 1.63 bits per heavy atom. The summed E-state index contributed by atoms with van der Waals surface area (Å²) < 4.78 is 1.60. The van der Waals surface area contributed by atoms with Crippen LogP contribution in [-0.2, 0) is 11.8 Å². The van der Waals surface area contributed by atoms with Crippen LogP contribution >= 0.6 is 11.6 Å². The SMILES string of the molecule is Cc1nn(C)c(Cl)c1C=CC(=O)N(C)C1CCNC1. The van der Waals surface area contributed by atoms with E-state index in [1.54, 1.807) is 28.8 Å². The van der Waals surface area contributed by atoms with Crippen LogP contribution in [0.4, 0.5) is 0 Å². The number of hydrogen-bond donors (Lipinski definition) is 1. The van der Waals surface area contributed by atoms with Crippen LogP contribution in [0.25, 0.3) is 6.08 Å². The number of halogens is 1. The third-order valence-electron chi connectivity index (χ3n) is 3.52. The summed E-state index contributed by atoms with van der Waals surface area (Å²) in [6, 6.07) is 0.280. The number of carbonyl (C=O) groups is 1. The zero-order valence-corrected chi connectivity index (χ0v) is 12.2. The summed E-state index contributed by atoms with van der Waals surface area (Å²) in [6.45, 7) is 3.71. The van der Waals surface area contributed by atoms with E-state index in [0.29, 0.717) is 5.15 Å². The molecule has 1 N–H and O–H groups in total. The minimum atomic E-state index is -0.00646.